The Morgan fingerprint density at radius 2 is 1.04 bits per heavy atom. The molecule has 24 heavy (non-hydrogen) atoms. The Morgan fingerprint density at radius 1 is 0.667 bits per heavy atom. The van der Waals surface area contributed by atoms with Crippen LogP contribution in [-0.2, 0) is 0 Å². The van der Waals surface area contributed by atoms with E-state index in [9.17, 15) is 0 Å². The molecule has 0 spiro atoms. The summed E-state index contributed by atoms with van der Waals surface area (Å²) in [7, 11) is 0. The van der Waals surface area contributed by atoms with E-state index in [0.717, 1.165) is 41.8 Å². The second-order valence-corrected chi connectivity index (χ2v) is 5.63. The van der Waals surface area contributed by atoms with Crippen LogP contribution in [0.1, 0.15) is 25.0 Å². The molecular formula is C22H24BrN. The number of halogens is 1. The third-order valence-corrected chi connectivity index (χ3v) is 4.18. The van der Waals surface area contributed by atoms with Crippen molar-refractivity contribution in [2.24, 2.45) is 0 Å². The van der Waals surface area contributed by atoms with Gasteiger partial charge in [0, 0.05) is 11.1 Å². The molecule has 2 heteroatoms. The summed E-state index contributed by atoms with van der Waals surface area (Å²) >= 11 is 0. The highest BCUT2D eigenvalue weighted by Gasteiger charge is 2.20. The van der Waals surface area contributed by atoms with Gasteiger partial charge in [0.1, 0.15) is 13.1 Å². The molecule has 2 aromatic rings. The molecule has 0 unspecified atom stereocenters. The smallest absolute Gasteiger partial charge is 0.142 e. The van der Waals surface area contributed by atoms with Gasteiger partial charge in [-0.1, -0.05) is 48.2 Å². The van der Waals surface area contributed by atoms with Gasteiger partial charge >= 0.3 is 0 Å². The minimum absolute atomic E-state index is 0. The van der Waals surface area contributed by atoms with Gasteiger partial charge in [-0.3, -0.25) is 0 Å². The maximum Gasteiger partial charge on any atom is 0.142 e. The highest BCUT2D eigenvalue weighted by Crippen LogP contribution is 2.05. The van der Waals surface area contributed by atoms with Crippen molar-refractivity contribution >= 4 is 0 Å². The van der Waals surface area contributed by atoms with Crippen molar-refractivity contribution < 1.29 is 21.5 Å². The van der Waals surface area contributed by atoms with Crippen molar-refractivity contribution in [1.82, 2.24) is 0 Å². The Hall–Kier alpha value is -2.00. The molecule has 0 fully saturated rings. The Kier molecular flexibility index (Phi) is 8.95. The second-order valence-electron chi connectivity index (χ2n) is 5.63. The van der Waals surface area contributed by atoms with Crippen LogP contribution in [0.5, 0.6) is 0 Å². The fourth-order valence-corrected chi connectivity index (χ4v) is 2.39. The third kappa shape index (κ3) is 6.25. The topological polar surface area (TPSA) is 0 Å². The molecule has 2 aromatic carbocycles. The lowest BCUT2D eigenvalue weighted by Crippen LogP contribution is -3.00. The van der Waals surface area contributed by atoms with E-state index in [2.05, 4.69) is 61.8 Å². The third-order valence-electron chi connectivity index (χ3n) is 4.18. The lowest BCUT2D eigenvalue weighted by atomic mass is 10.2. The predicted octanol–water partition coefficient (Wildman–Crippen LogP) is 0.950. The summed E-state index contributed by atoms with van der Waals surface area (Å²) in [6, 6.07) is 20.3. The fourth-order valence-electron chi connectivity index (χ4n) is 2.39. The van der Waals surface area contributed by atoms with E-state index < -0.39 is 0 Å². The van der Waals surface area contributed by atoms with Gasteiger partial charge in [0.15, 0.2) is 0 Å². The van der Waals surface area contributed by atoms with E-state index in [-0.39, 0.29) is 17.0 Å². The molecule has 124 valence electrons. The highest BCUT2D eigenvalue weighted by molar-refractivity contribution is 5.34. The fraction of sp³-hybridized carbons (Fsp3) is 0.273. The number of quaternary nitrogens is 1. The van der Waals surface area contributed by atoms with E-state index in [0.29, 0.717) is 0 Å². The first-order valence-electron chi connectivity index (χ1n) is 8.21. The molecule has 0 saturated heterocycles. The highest BCUT2D eigenvalue weighted by atomic mass is 79.9. The largest absolute Gasteiger partial charge is 1.00 e. The van der Waals surface area contributed by atoms with E-state index in [4.69, 9.17) is 0 Å². The van der Waals surface area contributed by atoms with Crippen LogP contribution >= 0.6 is 0 Å². The molecule has 0 heterocycles. The normalized spacial score (nSPS) is 9.75. The predicted molar refractivity (Wildman–Crippen MR) is 97.7 cm³/mol. The standard InChI is InChI=1S/C22H24N.BrH/c1-3-23(4-2,19-11-17-21-13-7-5-8-14-21)20-12-18-22-15-9-6-10-16-22;/h5-10,13-16H,3-4,19-20H2,1-2H3;1H/q+1;/p-1. The van der Waals surface area contributed by atoms with Crippen LogP contribution in [0, 0.1) is 23.7 Å². The average molecular weight is 382 g/mol. The van der Waals surface area contributed by atoms with Gasteiger partial charge in [0.25, 0.3) is 0 Å². The number of nitrogens with zero attached hydrogens (tertiary/aromatic N) is 1. The van der Waals surface area contributed by atoms with Gasteiger partial charge in [-0.05, 0) is 50.0 Å². The van der Waals surface area contributed by atoms with Crippen LogP contribution in [0.4, 0.5) is 0 Å². The number of hydrogen-bond donors (Lipinski definition) is 0. The van der Waals surface area contributed by atoms with Crippen molar-refractivity contribution in [3.8, 4) is 23.7 Å². The molecule has 0 atom stereocenters. The lowest BCUT2D eigenvalue weighted by Gasteiger charge is -2.32. The number of benzene rings is 2. The zero-order chi connectivity index (χ0) is 16.4. The van der Waals surface area contributed by atoms with Crippen molar-refractivity contribution in [2.75, 3.05) is 26.2 Å². The molecule has 0 aliphatic heterocycles. The van der Waals surface area contributed by atoms with Gasteiger partial charge < -0.3 is 21.5 Å². The van der Waals surface area contributed by atoms with Crippen LogP contribution in [0.2, 0.25) is 0 Å². The van der Waals surface area contributed by atoms with E-state index in [1.807, 2.05) is 36.4 Å². The Balaban J connectivity index is 0.00000288. The van der Waals surface area contributed by atoms with Crippen LogP contribution in [0.15, 0.2) is 60.7 Å². The van der Waals surface area contributed by atoms with Crippen molar-refractivity contribution in [3.05, 3.63) is 71.8 Å². The molecule has 0 bridgehead atoms. The van der Waals surface area contributed by atoms with Crippen LogP contribution in [0.25, 0.3) is 0 Å². The van der Waals surface area contributed by atoms with E-state index in [1.165, 1.54) is 0 Å². The molecule has 2 rings (SSSR count). The SMILES string of the molecule is CC[N+](CC)(CC#Cc1ccccc1)CC#Cc1ccccc1.[Br-]. The molecule has 1 nitrogen and oxygen atoms in total. The Morgan fingerprint density at radius 3 is 1.38 bits per heavy atom. The van der Waals surface area contributed by atoms with Crippen molar-refractivity contribution in [3.63, 3.8) is 0 Å². The van der Waals surface area contributed by atoms with Crippen LogP contribution < -0.4 is 17.0 Å². The van der Waals surface area contributed by atoms with Gasteiger partial charge in [-0.2, -0.15) is 0 Å². The van der Waals surface area contributed by atoms with Gasteiger partial charge in [0.2, 0.25) is 0 Å². The summed E-state index contributed by atoms with van der Waals surface area (Å²) in [4.78, 5) is 0. The van der Waals surface area contributed by atoms with Gasteiger partial charge in [-0.25, -0.2) is 0 Å². The number of hydrogen-bond acceptors (Lipinski definition) is 0. The molecule has 0 radical (unpaired) electrons. The molecule has 0 saturated carbocycles. The summed E-state index contributed by atoms with van der Waals surface area (Å²) in [5, 5.41) is 0. The molecule has 0 aromatic heterocycles. The summed E-state index contributed by atoms with van der Waals surface area (Å²) in [5.41, 5.74) is 2.15. The molecule has 0 aliphatic rings. The molecule has 0 amide bonds. The minimum Gasteiger partial charge on any atom is -1.00 e. The summed E-state index contributed by atoms with van der Waals surface area (Å²) < 4.78 is 0.916. The Labute approximate surface area is 157 Å². The van der Waals surface area contributed by atoms with Crippen molar-refractivity contribution in [2.45, 2.75) is 13.8 Å². The van der Waals surface area contributed by atoms with Gasteiger partial charge in [0.05, 0.1) is 13.1 Å². The average Bonchev–Trinajstić information content (AvgIpc) is 2.62. The first kappa shape index (κ1) is 20.0. The summed E-state index contributed by atoms with van der Waals surface area (Å²) in [6.07, 6.45) is 0. The second kappa shape index (κ2) is 10.7. The van der Waals surface area contributed by atoms with E-state index >= 15 is 0 Å². The monoisotopic (exact) mass is 381 g/mol. The van der Waals surface area contributed by atoms with Gasteiger partial charge in [-0.15, -0.1) is 0 Å². The quantitative estimate of drug-likeness (QED) is 0.546. The minimum atomic E-state index is 0. The molecule has 0 N–H and O–H groups in total. The van der Waals surface area contributed by atoms with Crippen LogP contribution in [0.3, 0.4) is 0 Å². The zero-order valence-corrected chi connectivity index (χ0v) is 16.0. The van der Waals surface area contributed by atoms with Crippen LogP contribution in [-0.4, -0.2) is 30.7 Å². The molecule has 0 aliphatic carbocycles. The number of rotatable bonds is 4. The first-order chi connectivity index (χ1) is 11.3. The first-order valence-corrected chi connectivity index (χ1v) is 8.21. The summed E-state index contributed by atoms with van der Waals surface area (Å²) in [6.45, 7) is 8.21. The van der Waals surface area contributed by atoms with E-state index in [1.54, 1.807) is 0 Å². The molecular weight excluding hydrogens is 358 g/mol. The Bertz CT molecular complexity index is 649. The lowest BCUT2D eigenvalue weighted by molar-refractivity contribution is -0.911. The van der Waals surface area contributed by atoms with Crippen molar-refractivity contribution in [1.29, 1.82) is 0 Å². The summed E-state index contributed by atoms with van der Waals surface area (Å²) in [5.74, 6) is 13.2. The maximum atomic E-state index is 3.35. The maximum absolute atomic E-state index is 3.35. The zero-order valence-electron chi connectivity index (χ0n) is 14.4.